The van der Waals surface area contributed by atoms with E-state index in [-0.39, 0.29) is 5.91 Å². The molecule has 2 aliphatic rings. The maximum absolute atomic E-state index is 13.2. The van der Waals surface area contributed by atoms with E-state index in [1.165, 1.54) is 11.1 Å². The second-order valence-corrected chi connectivity index (χ2v) is 9.06. The number of benzene rings is 2. The predicted octanol–water partition coefficient (Wildman–Crippen LogP) is 4.22. The van der Waals surface area contributed by atoms with Gasteiger partial charge in [-0.05, 0) is 37.5 Å². The summed E-state index contributed by atoms with van der Waals surface area (Å²) in [6, 6.07) is 16.7. The zero-order valence-corrected chi connectivity index (χ0v) is 18.0. The SMILES string of the molecule is Cc1cccc(CN2CCN(C(=O)c3ccccc3SCC3CCCO3)CC2)c1. The van der Waals surface area contributed by atoms with Gasteiger partial charge in [0.05, 0.1) is 11.7 Å². The molecule has 1 amide bonds. The van der Waals surface area contributed by atoms with Crippen LogP contribution in [0.4, 0.5) is 0 Å². The minimum Gasteiger partial charge on any atom is -0.377 e. The molecular formula is C24H30N2O2S. The van der Waals surface area contributed by atoms with Crippen molar-refractivity contribution in [1.82, 2.24) is 9.80 Å². The summed E-state index contributed by atoms with van der Waals surface area (Å²) >= 11 is 1.76. The smallest absolute Gasteiger partial charge is 0.255 e. The minimum absolute atomic E-state index is 0.163. The van der Waals surface area contributed by atoms with Crippen LogP contribution >= 0.6 is 11.8 Å². The highest BCUT2D eigenvalue weighted by Gasteiger charge is 2.24. The van der Waals surface area contributed by atoms with Gasteiger partial charge in [-0.25, -0.2) is 0 Å². The third-order valence-electron chi connectivity index (χ3n) is 5.71. The quantitative estimate of drug-likeness (QED) is 0.668. The molecule has 0 N–H and O–H groups in total. The van der Waals surface area contributed by atoms with E-state index in [2.05, 4.69) is 42.2 Å². The summed E-state index contributed by atoms with van der Waals surface area (Å²) in [6.07, 6.45) is 2.61. The summed E-state index contributed by atoms with van der Waals surface area (Å²) in [5, 5.41) is 0. The van der Waals surface area contributed by atoms with Crippen LogP contribution in [-0.4, -0.2) is 60.3 Å². The Balaban J connectivity index is 1.33. The van der Waals surface area contributed by atoms with Gasteiger partial charge >= 0.3 is 0 Å². The number of hydrogen-bond acceptors (Lipinski definition) is 4. The molecule has 0 radical (unpaired) electrons. The van der Waals surface area contributed by atoms with Crippen LogP contribution in [0.25, 0.3) is 0 Å². The Hall–Kier alpha value is -1.82. The van der Waals surface area contributed by atoms with Gasteiger partial charge in [-0.1, -0.05) is 42.0 Å². The molecule has 0 aliphatic carbocycles. The average Bonchev–Trinajstić information content (AvgIpc) is 3.26. The largest absolute Gasteiger partial charge is 0.377 e. The summed E-state index contributed by atoms with van der Waals surface area (Å²) in [6.45, 7) is 7.38. The predicted molar refractivity (Wildman–Crippen MR) is 118 cm³/mol. The van der Waals surface area contributed by atoms with Crippen molar-refractivity contribution >= 4 is 17.7 Å². The topological polar surface area (TPSA) is 32.8 Å². The first-order valence-corrected chi connectivity index (χ1v) is 11.6. The molecule has 0 aromatic heterocycles. The number of nitrogens with zero attached hydrogens (tertiary/aromatic N) is 2. The lowest BCUT2D eigenvalue weighted by molar-refractivity contribution is 0.0625. The van der Waals surface area contributed by atoms with E-state index >= 15 is 0 Å². The second-order valence-electron chi connectivity index (χ2n) is 8.00. The van der Waals surface area contributed by atoms with Gasteiger partial charge in [0.15, 0.2) is 0 Å². The highest BCUT2D eigenvalue weighted by Crippen LogP contribution is 2.28. The van der Waals surface area contributed by atoms with Crippen molar-refractivity contribution in [2.45, 2.75) is 37.3 Å². The van der Waals surface area contributed by atoms with Crippen molar-refractivity contribution < 1.29 is 9.53 Å². The minimum atomic E-state index is 0.163. The highest BCUT2D eigenvalue weighted by molar-refractivity contribution is 7.99. The Morgan fingerprint density at radius 2 is 1.93 bits per heavy atom. The lowest BCUT2D eigenvalue weighted by atomic mass is 10.1. The van der Waals surface area contributed by atoms with Crippen LogP contribution in [-0.2, 0) is 11.3 Å². The van der Waals surface area contributed by atoms with Crippen LogP contribution in [0.5, 0.6) is 0 Å². The summed E-state index contributed by atoms with van der Waals surface area (Å²) in [7, 11) is 0. The number of ether oxygens (including phenoxy) is 1. The molecule has 0 bridgehead atoms. The van der Waals surface area contributed by atoms with Gasteiger partial charge in [0.2, 0.25) is 0 Å². The van der Waals surface area contributed by atoms with Crippen molar-refractivity contribution in [2.75, 3.05) is 38.5 Å². The molecule has 1 unspecified atom stereocenters. The van der Waals surface area contributed by atoms with Crippen LogP contribution in [0.1, 0.15) is 34.3 Å². The average molecular weight is 411 g/mol. The maximum atomic E-state index is 13.2. The fourth-order valence-electron chi connectivity index (χ4n) is 4.08. The van der Waals surface area contributed by atoms with Crippen LogP contribution in [0, 0.1) is 6.92 Å². The Labute approximate surface area is 178 Å². The van der Waals surface area contributed by atoms with Gasteiger partial charge in [0, 0.05) is 50.0 Å². The molecule has 2 aromatic rings. The fraction of sp³-hybridized carbons (Fsp3) is 0.458. The number of rotatable bonds is 6. The number of amides is 1. The van der Waals surface area contributed by atoms with Crippen molar-refractivity contribution in [3.05, 3.63) is 65.2 Å². The van der Waals surface area contributed by atoms with Gasteiger partial charge in [-0.2, -0.15) is 0 Å². The standard InChI is InChI=1S/C24H30N2O2S/c1-19-6-4-7-20(16-19)17-25-11-13-26(14-12-25)24(27)22-9-2-3-10-23(22)29-18-21-8-5-15-28-21/h2-4,6-7,9-10,16,21H,5,8,11-15,17-18H2,1H3. The third-order valence-corrected chi connectivity index (χ3v) is 6.92. The fourth-order valence-corrected chi connectivity index (χ4v) is 5.19. The summed E-state index contributed by atoms with van der Waals surface area (Å²) in [4.78, 5) is 18.7. The molecule has 2 heterocycles. The molecule has 4 nitrogen and oxygen atoms in total. The molecular weight excluding hydrogens is 380 g/mol. The molecule has 5 heteroatoms. The van der Waals surface area contributed by atoms with E-state index in [9.17, 15) is 4.79 Å². The van der Waals surface area contributed by atoms with Gasteiger partial charge in [-0.15, -0.1) is 11.8 Å². The lowest BCUT2D eigenvalue weighted by Crippen LogP contribution is -2.48. The summed E-state index contributed by atoms with van der Waals surface area (Å²) < 4.78 is 5.74. The number of carbonyl (C=O) groups is 1. The molecule has 2 saturated heterocycles. The number of aryl methyl sites for hydroxylation is 1. The monoisotopic (exact) mass is 410 g/mol. The van der Waals surface area contributed by atoms with E-state index in [0.29, 0.717) is 6.10 Å². The molecule has 1 atom stereocenters. The number of thioether (sulfide) groups is 1. The molecule has 4 rings (SSSR count). The first-order valence-electron chi connectivity index (χ1n) is 10.6. The number of hydrogen-bond donors (Lipinski definition) is 0. The van der Waals surface area contributed by atoms with Crippen LogP contribution in [0.15, 0.2) is 53.4 Å². The van der Waals surface area contributed by atoms with Crippen molar-refractivity contribution in [3.63, 3.8) is 0 Å². The number of carbonyl (C=O) groups excluding carboxylic acids is 1. The molecule has 0 saturated carbocycles. The van der Waals surface area contributed by atoms with E-state index < -0.39 is 0 Å². The van der Waals surface area contributed by atoms with Gasteiger partial charge in [-0.3, -0.25) is 9.69 Å². The zero-order valence-electron chi connectivity index (χ0n) is 17.2. The van der Waals surface area contributed by atoms with Crippen LogP contribution in [0.2, 0.25) is 0 Å². The van der Waals surface area contributed by atoms with Crippen LogP contribution < -0.4 is 0 Å². The molecule has 0 spiro atoms. The Kier molecular flexibility index (Phi) is 6.90. The first kappa shape index (κ1) is 20.5. The molecule has 154 valence electrons. The molecule has 29 heavy (non-hydrogen) atoms. The lowest BCUT2D eigenvalue weighted by Gasteiger charge is -2.35. The van der Waals surface area contributed by atoms with Gasteiger partial charge in [0.25, 0.3) is 5.91 Å². The van der Waals surface area contributed by atoms with Crippen molar-refractivity contribution in [1.29, 1.82) is 0 Å². The Morgan fingerprint density at radius 1 is 1.10 bits per heavy atom. The Bertz CT molecular complexity index is 827. The second kappa shape index (κ2) is 9.79. The van der Waals surface area contributed by atoms with E-state index in [1.807, 2.05) is 23.1 Å². The molecule has 2 aliphatic heterocycles. The summed E-state index contributed by atoms with van der Waals surface area (Å²) in [5.74, 6) is 1.09. The number of piperazine rings is 1. The Morgan fingerprint density at radius 3 is 2.69 bits per heavy atom. The van der Waals surface area contributed by atoms with Gasteiger partial charge < -0.3 is 9.64 Å². The normalized spacial score (nSPS) is 20.2. The first-order chi connectivity index (χ1) is 14.2. The van der Waals surface area contributed by atoms with Gasteiger partial charge in [0.1, 0.15) is 0 Å². The molecule has 2 aromatic carbocycles. The van der Waals surface area contributed by atoms with Crippen molar-refractivity contribution in [3.8, 4) is 0 Å². The van der Waals surface area contributed by atoms with Crippen LogP contribution in [0.3, 0.4) is 0 Å². The summed E-state index contributed by atoms with van der Waals surface area (Å²) in [5.41, 5.74) is 3.48. The van der Waals surface area contributed by atoms with E-state index in [0.717, 1.165) is 68.4 Å². The van der Waals surface area contributed by atoms with E-state index in [4.69, 9.17) is 4.74 Å². The maximum Gasteiger partial charge on any atom is 0.255 e. The van der Waals surface area contributed by atoms with E-state index in [1.54, 1.807) is 11.8 Å². The third kappa shape index (κ3) is 5.41. The van der Waals surface area contributed by atoms with Crippen molar-refractivity contribution in [2.24, 2.45) is 0 Å². The molecule has 2 fully saturated rings. The zero-order chi connectivity index (χ0) is 20.1. The highest BCUT2D eigenvalue weighted by atomic mass is 32.2.